The van der Waals surface area contributed by atoms with Crippen LogP contribution in [0.15, 0.2) is 18.2 Å². The summed E-state index contributed by atoms with van der Waals surface area (Å²) in [6.07, 6.45) is -1.26. The van der Waals surface area contributed by atoms with Crippen LogP contribution in [0.4, 0.5) is 13.2 Å². The molecule has 1 aromatic rings. The third-order valence-corrected chi connectivity index (χ3v) is 4.80. The van der Waals surface area contributed by atoms with E-state index in [9.17, 15) is 13.2 Å². The summed E-state index contributed by atoms with van der Waals surface area (Å²) in [5.41, 5.74) is 1.49. The number of nitrogens with zero attached hydrogens (tertiary/aromatic N) is 1. The number of benzene rings is 1. The SMILES string of the molecule is CC1C[C@@H]2CCc3cc(C(F)(F)F)ccc3[C@@H]2N(C)C1. The van der Waals surface area contributed by atoms with Crippen LogP contribution in [-0.4, -0.2) is 18.5 Å². The van der Waals surface area contributed by atoms with Crippen LogP contribution in [0, 0.1) is 11.8 Å². The van der Waals surface area contributed by atoms with Gasteiger partial charge in [-0.2, -0.15) is 13.2 Å². The van der Waals surface area contributed by atoms with Crippen LogP contribution in [0.25, 0.3) is 0 Å². The van der Waals surface area contributed by atoms with Crippen molar-refractivity contribution >= 4 is 0 Å². The predicted octanol–water partition coefficient (Wildman–Crippen LogP) is 4.28. The van der Waals surface area contributed by atoms with Gasteiger partial charge in [-0.05, 0) is 61.4 Å². The maximum absolute atomic E-state index is 12.8. The number of rotatable bonds is 0. The predicted molar refractivity (Wildman–Crippen MR) is 72.4 cm³/mol. The molecule has 1 fully saturated rings. The monoisotopic (exact) mass is 283 g/mol. The number of likely N-dealkylation sites (tertiary alicyclic amines) is 1. The summed E-state index contributed by atoms with van der Waals surface area (Å²) in [5, 5.41) is 0. The van der Waals surface area contributed by atoms with Crippen molar-refractivity contribution in [1.82, 2.24) is 4.90 Å². The second kappa shape index (κ2) is 4.76. The summed E-state index contributed by atoms with van der Waals surface area (Å²) in [6, 6.07) is 4.61. The molecular weight excluding hydrogens is 263 g/mol. The number of hydrogen-bond acceptors (Lipinski definition) is 1. The van der Waals surface area contributed by atoms with Crippen LogP contribution in [0.5, 0.6) is 0 Å². The van der Waals surface area contributed by atoms with E-state index in [4.69, 9.17) is 0 Å². The van der Waals surface area contributed by atoms with Gasteiger partial charge in [0.05, 0.1) is 5.56 Å². The molecule has 1 aliphatic carbocycles. The molecule has 110 valence electrons. The Morgan fingerprint density at radius 1 is 1.25 bits per heavy atom. The molecule has 1 aliphatic heterocycles. The smallest absolute Gasteiger partial charge is 0.299 e. The van der Waals surface area contributed by atoms with Gasteiger partial charge in [-0.3, -0.25) is 4.90 Å². The fraction of sp³-hybridized carbons (Fsp3) is 0.625. The first-order valence-corrected chi connectivity index (χ1v) is 7.26. The average molecular weight is 283 g/mol. The van der Waals surface area contributed by atoms with Crippen molar-refractivity contribution in [1.29, 1.82) is 0 Å². The molecule has 3 rings (SSSR count). The van der Waals surface area contributed by atoms with Crippen LogP contribution < -0.4 is 0 Å². The third kappa shape index (κ3) is 2.34. The molecule has 0 radical (unpaired) electrons. The molecule has 3 atom stereocenters. The lowest BCUT2D eigenvalue weighted by Crippen LogP contribution is -2.42. The van der Waals surface area contributed by atoms with E-state index >= 15 is 0 Å². The molecule has 0 spiro atoms. The maximum Gasteiger partial charge on any atom is 0.416 e. The number of halogens is 3. The van der Waals surface area contributed by atoms with E-state index in [2.05, 4.69) is 18.9 Å². The zero-order valence-electron chi connectivity index (χ0n) is 11.9. The highest BCUT2D eigenvalue weighted by atomic mass is 19.4. The highest BCUT2D eigenvalue weighted by molar-refractivity contribution is 5.38. The zero-order chi connectivity index (χ0) is 14.5. The Hall–Kier alpha value is -1.03. The van der Waals surface area contributed by atoms with Gasteiger partial charge in [0.15, 0.2) is 0 Å². The molecule has 0 amide bonds. The summed E-state index contributed by atoms with van der Waals surface area (Å²) in [7, 11) is 2.10. The average Bonchev–Trinajstić information content (AvgIpc) is 2.36. The Bertz CT molecular complexity index is 509. The van der Waals surface area contributed by atoms with Gasteiger partial charge in [0, 0.05) is 12.6 Å². The van der Waals surface area contributed by atoms with Crippen LogP contribution in [0.1, 0.15) is 42.5 Å². The topological polar surface area (TPSA) is 3.24 Å². The molecule has 1 nitrogen and oxygen atoms in total. The van der Waals surface area contributed by atoms with Gasteiger partial charge in [-0.25, -0.2) is 0 Å². The van der Waals surface area contributed by atoms with Gasteiger partial charge >= 0.3 is 6.18 Å². The van der Waals surface area contributed by atoms with Crippen LogP contribution in [0.2, 0.25) is 0 Å². The Morgan fingerprint density at radius 2 is 2.00 bits per heavy atom. The molecule has 1 unspecified atom stereocenters. The first-order chi connectivity index (χ1) is 9.36. The van der Waals surface area contributed by atoms with E-state index in [1.807, 2.05) is 0 Å². The van der Waals surface area contributed by atoms with Crippen LogP contribution in [0.3, 0.4) is 0 Å². The zero-order valence-corrected chi connectivity index (χ0v) is 11.9. The van der Waals surface area contributed by atoms with Crippen molar-refractivity contribution in [2.75, 3.05) is 13.6 Å². The second-order valence-corrected chi connectivity index (χ2v) is 6.44. The van der Waals surface area contributed by atoms with E-state index < -0.39 is 11.7 Å². The number of fused-ring (bicyclic) bond motifs is 3. The Morgan fingerprint density at radius 3 is 2.70 bits per heavy atom. The quantitative estimate of drug-likeness (QED) is 0.687. The molecule has 0 bridgehead atoms. The van der Waals surface area contributed by atoms with Gasteiger partial charge in [-0.1, -0.05) is 13.0 Å². The normalized spacial score (nSPS) is 30.8. The van der Waals surface area contributed by atoms with Gasteiger partial charge in [0.25, 0.3) is 0 Å². The lowest BCUT2D eigenvalue weighted by molar-refractivity contribution is -0.137. The largest absolute Gasteiger partial charge is 0.416 e. The van der Waals surface area contributed by atoms with Gasteiger partial charge < -0.3 is 0 Å². The van der Waals surface area contributed by atoms with E-state index in [-0.39, 0.29) is 0 Å². The molecular formula is C16H20F3N. The Kier molecular flexibility index (Phi) is 3.32. The van der Waals surface area contributed by atoms with Gasteiger partial charge in [-0.15, -0.1) is 0 Å². The summed E-state index contributed by atoms with van der Waals surface area (Å²) < 4.78 is 38.4. The summed E-state index contributed by atoms with van der Waals surface area (Å²) in [5.74, 6) is 1.27. The van der Waals surface area contributed by atoms with E-state index in [1.54, 1.807) is 6.07 Å². The van der Waals surface area contributed by atoms with Crippen molar-refractivity contribution in [2.24, 2.45) is 11.8 Å². The van der Waals surface area contributed by atoms with Crippen molar-refractivity contribution in [3.8, 4) is 0 Å². The van der Waals surface area contributed by atoms with Crippen molar-refractivity contribution < 1.29 is 13.2 Å². The van der Waals surface area contributed by atoms with Gasteiger partial charge in [0.2, 0.25) is 0 Å². The molecule has 4 heteroatoms. The number of hydrogen-bond donors (Lipinski definition) is 0. The molecule has 0 N–H and O–H groups in total. The minimum Gasteiger partial charge on any atom is -0.299 e. The Labute approximate surface area is 117 Å². The van der Waals surface area contributed by atoms with E-state index in [0.29, 0.717) is 17.9 Å². The molecule has 1 heterocycles. The summed E-state index contributed by atoms with van der Waals surface area (Å²) >= 11 is 0. The molecule has 0 saturated carbocycles. The molecule has 2 aliphatic rings. The van der Waals surface area contributed by atoms with E-state index in [0.717, 1.165) is 30.5 Å². The number of aryl methyl sites for hydroxylation is 1. The van der Waals surface area contributed by atoms with Crippen molar-refractivity contribution in [2.45, 2.75) is 38.4 Å². The lowest BCUT2D eigenvalue weighted by atomic mass is 9.72. The fourth-order valence-electron chi connectivity index (χ4n) is 4.08. The molecule has 1 aromatic carbocycles. The fourth-order valence-corrected chi connectivity index (χ4v) is 4.08. The minimum atomic E-state index is -4.24. The van der Waals surface area contributed by atoms with Crippen LogP contribution >= 0.6 is 0 Å². The van der Waals surface area contributed by atoms with Crippen molar-refractivity contribution in [3.05, 3.63) is 34.9 Å². The standard InChI is InChI=1S/C16H20F3N/c1-10-7-12-4-3-11-8-13(16(17,18)19)5-6-14(11)15(12)20(2)9-10/h5-6,8,10,12,15H,3-4,7,9H2,1-2H3/t10?,12-,15+/m0/s1. The molecule has 1 saturated heterocycles. The Balaban J connectivity index is 1.97. The minimum absolute atomic E-state index is 0.303. The second-order valence-electron chi connectivity index (χ2n) is 6.44. The molecule has 20 heavy (non-hydrogen) atoms. The highest BCUT2D eigenvalue weighted by Gasteiger charge is 2.38. The summed E-state index contributed by atoms with van der Waals surface area (Å²) in [4.78, 5) is 2.32. The molecule has 0 aromatic heterocycles. The lowest BCUT2D eigenvalue weighted by Gasteiger charge is -2.45. The first-order valence-electron chi connectivity index (χ1n) is 7.26. The highest BCUT2D eigenvalue weighted by Crippen LogP contribution is 2.45. The third-order valence-electron chi connectivity index (χ3n) is 4.80. The van der Waals surface area contributed by atoms with E-state index in [1.165, 1.54) is 18.6 Å². The van der Waals surface area contributed by atoms with Gasteiger partial charge in [0.1, 0.15) is 0 Å². The summed E-state index contributed by atoms with van der Waals surface area (Å²) in [6.45, 7) is 3.29. The first kappa shape index (κ1) is 13.9. The number of alkyl halides is 3. The number of piperidine rings is 1. The van der Waals surface area contributed by atoms with Crippen LogP contribution in [-0.2, 0) is 12.6 Å². The van der Waals surface area contributed by atoms with Crippen molar-refractivity contribution in [3.63, 3.8) is 0 Å². The maximum atomic E-state index is 12.8.